The van der Waals surface area contributed by atoms with E-state index in [0.717, 1.165) is 54.6 Å². The van der Waals surface area contributed by atoms with E-state index in [1.807, 2.05) is 0 Å². The molecule has 4 aromatic rings. The van der Waals surface area contributed by atoms with Gasteiger partial charge >= 0.3 is 0 Å². The Hall–Kier alpha value is -5.19. The Morgan fingerprint density at radius 1 is 0.750 bits per heavy atom. The zero-order valence-corrected chi connectivity index (χ0v) is 20.7. The molecule has 40 heavy (non-hydrogen) atoms. The number of hydrogen-bond acceptors (Lipinski definition) is 5. The van der Waals surface area contributed by atoms with Crippen molar-refractivity contribution in [1.82, 2.24) is 9.47 Å². The molecule has 0 unspecified atom stereocenters. The number of carbonyl (C=O) groups is 3. The van der Waals surface area contributed by atoms with E-state index in [2.05, 4.69) is 0 Å². The zero-order valence-electron chi connectivity index (χ0n) is 20.7. The van der Waals surface area contributed by atoms with E-state index in [9.17, 15) is 37.5 Å². The highest BCUT2D eigenvalue weighted by Crippen LogP contribution is 2.29. The first-order valence-corrected chi connectivity index (χ1v) is 12.0. The van der Waals surface area contributed by atoms with Crippen LogP contribution in [0.2, 0.25) is 0 Å². The monoisotopic (exact) mass is 547 g/mol. The van der Waals surface area contributed by atoms with Gasteiger partial charge in [0, 0.05) is 36.8 Å². The van der Waals surface area contributed by atoms with Crippen LogP contribution >= 0.6 is 0 Å². The van der Waals surface area contributed by atoms with Crippen LogP contribution < -0.4 is 10.3 Å². The van der Waals surface area contributed by atoms with Crippen molar-refractivity contribution >= 4 is 23.5 Å². The molecule has 0 bridgehead atoms. The van der Waals surface area contributed by atoms with Crippen molar-refractivity contribution in [2.45, 2.75) is 13.1 Å². The van der Waals surface area contributed by atoms with E-state index in [-0.39, 0.29) is 36.6 Å². The Kier molecular flexibility index (Phi) is 6.95. The van der Waals surface area contributed by atoms with Gasteiger partial charge in [0.05, 0.1) is 0 Å². The van der Waals surface area contributed by atoms with Crippen LogP contribution in [0.25, 0.3) is 0 Å². The first kappa shape index (κ1) is 26.4. The SMILES string of the molecule is O=C1c2c(O)c(=O)cc(N(C(=O)c3ccc(F)cc3)C(=O)c3ccc(F)cc3)n2CCN1Cc1ccc(F)cc1. The van der Waals surface area contributed by atoms with Gasteiger partial charge < -0.3 is 14.6 Å². The van der Waals surface area contributed by atoms with Crippen molar-refractivity contribution in [3.05, 3.63) is 129 Å². The van der Waals surface area contributed by atoms with Gasteiger partial charge in [-0.25, -0.2) is 18.1 Å². The first-order chi connectivity index (χ1) is 19.1. The third kappa shape index (κ3) is 4.96. The van der Waals surface area contributed by atoms with Crippen molar-refractivity contribution in [3.63, 3.8) is 0 Å². The number of rotatable bonds is 5. The summed E-state index contributed by atoms with van der Waals surface area (Å²) in [4.78, 5) is 55.5. The highest BCUT2D eigenvalue weighted by molar-refractivity contribution is 6.25. The number of imide groups is 1. The van der Waals surface area contributed by atoms with Gasteiger partial charge in [-0.15, -0.1) is 0 Å². The zero-order chi connectivity index (χ0) is 28.6. The molecule has 0 spiro atoms. The second kappa shape index (κ2) is 10.5. The van der Waals surface area contributed by atoms with E-state index >= 15 is 0 Å². The Labute approximate surface area is 225 Å². The van der Waals surface area contributed by atoms with Crippen LogP contribution in [0.3, 0.4) is 0 Å². The minimum absolute atomic E-state index is 0.0324. The maximum atomic E-state index is 13.6. The van der Waals surface area contributed by atoms with E-state index in [1.54, 1.807) is 0 Å². The Morgan fingerprint density at radius 2 is 1.23 bits per heavy atom. The van der Waals surface area contributed by atoms with Crippen molar-refractivity contribution in [2.75, 3.05) is 11.4 Å². The average Bonchev–Trinajstić information content (AvgIpc) is 2.94. The fraction of sp³-hybridized carbons (Fsp3) is 0.103. The summed E-state index contributed by atoms with van der Waals surface area (Å²) >= 11 is 0. The Bertz CT molecular complexity index is 1630. The number of aromatic hydroxyl groups is 1. The molecule has 1 aliphatic rings. The second-order valence-corrected chi connectivity index (χ2v) is 9.03. The van der Waals surface area contributed by atoms with Crippen molar-refractivity contribution < 1.29 is 32.7 Å². The fourth-order valence-corrected chi connectivity index (χ4v) is 4.43. The molecule has 0 atom stereocenters. The lowest BCUT2D eigenvalue weighted by Crippen LogP contribution is -2.45. The van der Waals surface area contributed by atoms with Gasteiger partial charge in [0.2, 0.25) is 5.43 Å². The summed E-state index contributed by atoms with van der Waals surface area (Å²) in [7, 11) is 0. The molecule has 0 saturated carbocycles. The van der Waals surface area contributed by atoms with Gasteiger partial charge in [-0.1, -0.05) is 12.1 Å². The molecule has 0 fully saturated rings. The highest BCUT2D eigenvalue weighted by atomic mass is 19.1. The quantitative estimate of drug-likeness (QED) is 0.379. The van der Waals surface area contributed by atoms with Crippen LogP contribution in [0.4, 0.5) is 19.0 Å². The van der Waals surface area contributed by atoms with Crippen LogP contribution in [0.15, 0.2) is 83.7 Å². The van der Waals surface area contributed by atoms with Gasteiger partial charge in [-0.05, 0) is 66.2 Å². The number of carbonyl (C=O) groups excluding carboxylic acids is 3. The van der Waals surface area contributed by atoms with Gasteiger partial charge in [-0.2, -0.15) is 0 Å². The predicted octanol–water partition coefficient (Wildman–Crippen LogP) is 4.11. The maximum Gasteiger partial charge on any atom is 0.274 e. The lowest BCUT2D eigenvalue weighted by molar-refractivity contribution is 0.0680. The molecule has 0 saturated heterocycles. The number of aromatic nitrogens is 1. The molecule has 0 aliphatic carbocycles. The first-order valence-electron chi connectivity index (χ1n) is 12.0. The summed E-state index contributed by atoms with van der Waals surface area (Å²) in [6.45, 7) is 0.0703. The number of nitrogens with zero attached hydrogens (tertiary/aromatic N) is 3. The molecule has 8 nitrogen and oxygen atoms in total. The summed E-state index contributed by atoms with van der Waals surface area (Å²) in [6, 6.07) is 15.0. The summed E-state index contributed by atoms with van der Waals surface area (Å²) in [6.07, 6.45) is 0. The molecule has 1 aromatic heterocycles. The molecule has 2 heterocycles. The van der Waals surface area contributed by atoms with Gasteiger partial charge in [0.25, 0.3) is 17.7 Å². The normalized spacial score (nSPS) is 12.7. The maximum absolute atomic E-state index is 13.6. The van der Waals surface area contributed by atoms with E-state index in [0.29, 0.717) is 10.5 Å². The molecule has 0 radical (unpaired) electrons. The summed E-state index contributed by atoms with van der Waals surface area (Å²) in [5, 5.41) is 10.6. The summed E-state index contributed by atoms with van der Waals surface area (Å²) in [5.41, 5.74) is -1.08. The van der Waals surface area contributed by atoms with Gasteiger partial charge in [0.1, 0.15) is 23.3 Å². The number of anilines is 1. The van der Waals surface area contributed by atoms with Crippen molar-refractivity contribution in [2.24, 2.45) is 0 Å². The summed E-state index contributed by atoms with van der Waals surface area (Å²) in [5.74, 6) is -5.54. The molecular formula is C29H20F3N3O5. The Morgan fingerprint density at radius 3 is 1.73 bits per heavy atom. The standard InChI is InChI=1S/C29H20F3N3O5/c30-20-7-1-17(2-8-20)16-33-13-14-34-24(15-23(36)26(37)25(34)29(33)40)35(27(38)18-3-9-21(31)10-4-18)28(39)19-5-11-22(32)12-6-19/h1-12,15,37H,13-14,16H2. The van der Waals surface area contributed by atoms with Crippen LogP contribution in [0, 0.1) is 17.5 Å². The van der Waals surface area contributed by atoms with Gasteiger partial charge in [-0.3, -0.25) is 19.2 Å². The minimum Gasteiger partial charge on any atom is -0.503 e. The number of amides is 3. The third-order valence-corrected chi connectivity index (χ3v) is 6.45. The largest absolute Gasteiger partial charge is 0.503 e. The molecule has 1 aliphatic heterocycles. The number of hydrogen-bond donors (Lipinski definition) is 1. The van der Waals surface area contributed by atoms with Crippen LogP contribution in [-0.2, 0) is 13.1 Å². The number of fused-ring (bicyclic) bond motifs is 1. The van der Waals surface area contributed by atoms with Crippen molar-refractivity contribution in [1.29, 1.82) is 0 Å². The Balaban J connectivity index is 1.62. The molecule has 3 aromatic carbocycles. The molecule has 11 heteroatoms. The topological polar surface area (TPSA) is 99.9 Å². The van der Waals surface area contributed by atoms with E-state index in [4.69, 9.17) is 0 Å². The second-order valence-electron chi connectivity index (χ2n) is 9.03. The number of pyridine rings is 1. The lowest BCUT2D eigenvalue weighted by Gasteiger charge is -2.34. The fourth-order valence-electron chi connectivity index (χ4n) is 4.43. The van der Waals surface area contributed by atoms with E-state index < -0.39 is 52.0 Å². The average molecular weight is 547 g/mol. The molecule has 3 amide bonds. The van der Waals surface area contributed by atoms with Crippen LogP contribution in [0.5, 0.6) is 5.75 Å². The van der Waals surface area contributed by atoms with E-state index in [1.165, 1.54) is 33.7 Å². The van der Waals surface area contributed by atoms with Crippen LogP contribution in [0.1, 0.15) is 36.8 Å². The summed E-state index contributed by atoms with van der Waals surface area (Å²) < 4.78 is 41.6. The number of benzene rings is 3. The molecule has 202 valence electrons. The number of halogens is 3. The van der Waals surface area contributed by atoms with Crippen molar-refractivity contribution in [3.8, 4) is 5.75 Å². The van der Waals surface area contributed by atoms with Gasteiger partial charge in [0.15, 0.2) is 11.4 Å². The third-order valence-electron chi connectivity index (χ3n) is 6.45. The predicted molar refractivity (Wildman–Crippen MR) is 137 cm³/mol. The highest BCUT2D eigenvalue weighted by Gasteiger charge is 2.35. The molecule has 1 N–H and O–H groups in total. The molecular weight excluding hydrogens is 527 g/mol. The minimum atomic E-state index is -1.03. The van der Waals surface area contributed by atoms with Crippen LogP contribution in [-0.4, -0.2) is 38.8 Å². The smallest absolute Gasteiger partial charge is 0.274 e. The molecule has 5 rings (SSSR count). The lowest BCUT2D eigenvalue weighted by atomic mass is 10.1.